The summed E-state index contributed by atoms with van der Waals surface area (Å²) in [6.07, 6.45) is 0.931. The normalized spacial score (nSPS) is 10.7. The van der Waals surface area contributed by atoms with Crippen LogP contribution in [-0.4, -0.2) is 35.7 Å². The van der Waals surface area contributed by atoms with E-state index in [1.165, 1.54) is 0 Å². The van der Waals surface area contributed by atoms with E-state index in [2.05, 4.69) is 0 Å². The predicted octanol–water partition coefficient (Wildman–Crippen LogP) is -0.399. The molecule has 0 heterocycles. The Balaban J connectivity index is 0. The fourth-order valence-electron chi connectivity index (χ4n) is 0.258. The van der Waals surface area contributed by atoms with Crippen molar-refractivity contribution in [2.45, 2.75) is 26.1 Å². The highest BCUT2D eigenvalue weighted by Crippen LogP contribution is 1.88. The molecule has 0 bridgehead atoms. The minimum absolute atomic E-state index is 0.486. The van der Waals surface area contributed by atoms with Gasteiger partial charge < -0.3 is 10.2 Å². The predicted molar refractivity (Wildman–Crippen MR) is 40.6 cm³/mol. The summed E-state index contributed by atoms with van der Waals surface area (Å²) in [4.78, 5) is 0. The molecule has 0 saturated heterocycles. The van der Waals surface area contributed by atoms with E-state index in [1.54, 1.807) is 0 Å². The number of aliphatic hydroxyl groups is 2. The Morgan fingerprint density at radius 2 is 1.64 bits per heavy atom. The zero-order chi connectivity index (χ0) is 9.49. The second-order valence-electron chi connectivity index (χ2n) is 2.00. The Bertz CT molecular complexity index is 152. The van der Waals surface area contributed by atoms with Crippen molar-refractivity contribution in [3.05, 3.63) is 0 Å². The van der Waals surface area contributed by atoms with Gasteiger partial charge in [0, 0.05) is 0 Å². The highest BCUT2D eigenvalue weighted by atomic mass is 32.2. The Hall–Kier alpha value is -0.170. The van der Waals surface area contributed by atoms with Gasteiger partial charge in [0.2, 0.25) is 0 Å². The highest BCUT2D eigenvalue weighted by Gasteiger charge is 1.89. The summed E-state index contributed by atoms with van der Waals surface area (Å²) in [5, 5.41) is 16.2. The van der Waals surface area contributed by atoms with E-state index in [9.17, 15) is 8.42 Å². The number of aliphatic hydroxyl groups excluding tert-OH is 1. The number of rotatable bonds is 2. The highest BCUT2D eigenvalue weighted by molar-refractivity contribution is 7.85. The molecule has 6 heteroatoms. The maximum absolute atomic E-state index is 9.19. The van der Waals surface area contributed by atoms with Gasteiger partial charge in [-0.3, -0.25) is 4.55 Å². The lowest BCUT2D eigenvalue weighted by Gasteiger charge is -1.94. The summed E-state index contributed by atoms with van der Waals surface area (Å²) < 4.78 is 25.9. The summed E-state index contributed by atoms with van der Waals surface area (Å²) >= 11 is 0. The number of hydrogen-bond acceptors (Lipinski definition) is 4. The smallest absolute Gasteiger partial charge is 0.261 e. The van der Waals surface area contributed by atoms with Gasteiger partial charge in [0.1, 0.15) is 0 Å². The van der Waals surface area contributed by atoms with Crippen LogP contribution in [0.5, 0.6) is 0 Å². The monoisotopic (exact) mass is 186 g/mol. The van der Waals surface area contributed by atoms with Crippen LogP contribution in [0.2, 0.25) is 0 Å². The molecule has 0 saturated carbocycles. The molecule has 0 aromatic rings. The number of hydrogen-bond donors (Lipinski definition) is 3. The van der Waals surface area contributed by atoms with Gasteiger partial charge >= 0.3 is 0 Å². The molecule has 0 aromatic heterocycles. The lowest BCUT2D eigenvalue weighted by atomic mass is 10.3. The largest absolute Gasteiger partial charge is 0.368 e. The third-order valence-corrected chi connectivity index (χ3v) is 0.547. The van der Waals surface area contributed by atoms with Crippen LogP contribution < -0.4 is 0 Å². The van der Waals surface area contributed by atoms with Crippen molar-refractivity contribution in [3.63, 3.8) is 0 Å². The molecule has 0 aliphatic rings. The van der Waals surface area contributed by atoms with E-state index in [1.807, 2.05) is 6.92 Å². The SMILES string of the molecule is CCCC(O)O.CS(=O)(=O)O. The van der Waals surface area contributed by atoms with Gasteiger partial charge in [0.05, 0.1) is 6.26 Å². The van der Waals surface area contributed by atoms with Crippen molar-refractivity contribution in [1.82, 2.24) is 0 Å². The second kappa shape index (κ2) is 6.53. The third-order valence-electron chi connectivity index (χ3n) is 0.547. The molecule has 0 fully saturated rings. The van der Waals surface area contributed by atoms with Crippen molar-refractivity contribution in [2.75, 3.05) is 6.26 Å². The van der Waals surface area contributed by atoms with Crippen molar-refractivity contribution in [3.8, 4) is 0 Å². The molecular weight excluding hydrogens is 172 g/mol. The van der Waals surface area contributed by atoms with Crippen LogP contribution in [0.25, 0.3) is 0 Å². The van der Waals surface area contributed by atoms with Crippen LogP contribution >= 0.6 is 0 Å². The third kappa shape index (κ3) is 75.2. The summed E-state index contributed by atoms with van der Waals surface area (Å²) in [6.45, 7) is 1.90. The molecule has 3 N–H and O–H groups in total. The lowest BCUT2D eigenvalue weighted by molar-refractivity contribution is -0.0453. The maximum atomic E-state index is 9.19. The molecule has 0 radical (unpaired) electrons. The standard InChI is InChI=1S/C4H10O2.CH4O3S/c1-2-3-4(5)6;1-5(2,3)4/h4-6H,2-3H2,1H3;1H3,(H,2,3,4). The van der Waals surface area contributed by atoms with E-state index in [0.29, 0.717) is 12.7 Å². The van der Waals surface area contributed by atoms with Gasteiger partial charge in [-0.2, -0.15) is 8.42 Å². The first-order chi connectivity index (χ1) is 4.77. The van der Waals surface area contributed by atoms with Crippen LogP contribution in [0.4, 0.5) is 0 Å². The Kier molecular flexibility index (Phi) is 7.97. The summed E-state index contributed by atoms with van der Waals surface area (Å²) in [5.41, 5.74) is 0. The molecule has 0 spiro atoms. The van der Waals surface area contributed by atoms with E-state index < -0.39 is 16.4 Å². The van der Waals surface area contributed by atoms with E-state index in [4.69, 9.17) is 14.8 Å². The van der Waals surface area contributed by atoms with Crippen LogP contribution in [0.1, 0.15) is 19.8 Å². The Morgan fingerprint density at radius 1 is 1.36 bits per heavy atom. The molecule has 11 heavy (non-hydrogen) atoms. The molecular formula is C5H14O5S. The van der Waals surface area contributed by atoms with Crippen LogP contribution in [0.15, 0.2) is 0 Å². The van der Waals surface area contributed by atoms with Crippen LogP contribution in [0, 0.1) is 0 Å². The summed E-state index contributed by atoms with van der Waals surface area (Å²) in [6, 6.07) is 0. The van der Waals surface area contributed by atoms with Gasteiger partial charge in [0.15, 0.2) is 6.29 Å². The Morgan fingerprint density at radius 3 is 1.64 bits per heavy atom. The first-order valence-corrected chi connectivity index (χ1v) is 4.90. The molecule has 70 valence electrons. The second-order valence-corrected chi connectivity index (χ2v) is 3.47. The zero-order valence-electron chi connectivity index (χ0n) is 6.56. The molecule has 0 amide bonds. The topological polar surface area (TPSA) is 94.8 Å². The first kappa shape index (κ1) is 13.4. The molecule has 5 nitrogen and oxygen atoms in total. The average molecular weight is 186 g/mol. The molecule has 0 unspecified atom stereocenters. The van der Waals surface area contributed by atoms with Gasteiger partial charge in [-0.1, -0.05) is 13.3 Å². The van der Waals surface area contributed by atoms with Crippen molar-refractivity contribution >= 4 is 10.1 Å². The van der Waals surface area contributed by atoms with Crippen molar-refractivity contribution in [2.24, 2.45) is 0 Å². The molecule has 0 aromatic carbocycles. The quantitative estimate of drug-likeness (QED) is 0.403. The van der Waals surface area contributed by atoms with Crippen molar-refractivity contribution in [1.29, 1.82) is 0 Å². The molecule has 0 atom stereocenters. The van der Waals surface area contributed by atoms with Gasteiger partial charge in [-0.05, 0) is 6.42 Å². The maximum Gasteiger partial charge on any atom is 0.261 e. The summed E-state index contributed by atoms with van der Waals surface area (Å²) in [7, 11) is -3.67. The van der Waals surface area contributed by atoms with Gasteiger partial charge in [-0.25, -0.2) is 0 Å². The first-order valence-electron chi connectivity index (χ1n) is 3.06. The minimum Gasteiger partial charge on any atom is -0.368 e. The fraction of sp³-hybridized carbons (Fsp3) is 1.00. The van der Waals surface area contributed by atoms with Gasteiger partial charge in [-0.15, -0.1) is 0 Å². The molecule has 0 rings (SSSR count). The van der Waals surface area contributed by atoms with Crippen LogP contribution in [0.3, 0.4) is 0 Å². The van der Waals surface area contributed by atoms with Gasteiger partial charge in [0.25, 0.3) is 10.1 Å². The zero-order valence-corrected chi connectivity index (χ0v) is 7.37. The molecule has 0 aliphatic carbocycles. The average Bonchev–Trinajstić information content (AvgIpc) is 1.58. The van der Waals surface area contributed by atoms with Crippen LogP contribution in [-0.2, 0) is 10.1 Å². The fourth-order valence-corrected chi connectivity index (χ4v) is 0.258. The van der Waals surface area contributed by atoms with E-state index in [0.717, 1.165) is 6.42 Å². The minimum atomic E-state index is -3.67. The summed E-state index contributed by atoms with van der Waals surface area (Å²) in [5.74, 6) is 0. The molecule has 0 aliphatic heterocycles. The Labute approximate surface area is 66.4 Å². The lowest BCUT2D eigenvalue weighted by Crippen LogP contribution is -2.01. The van der Waals surface area contributed by atoms with E-state index >= 15 is 0 Å². The van der Waals surface area contributed by atoms with Crippen molar-refractivity contribution < 1.29 is 23.2 Å². The van der Waals surface area contributed by atoms with E-state index in [-0.39, 0.29) is 0 Å².